The van der Waals surface area contributed by atoms with Crippen molar-refractivity contribution in [3.8, 4) is 0 Å². The van der Waals surface area contributed by atoms with E-state index in [4.69, 9.17) is 10.5 Å². The molecule has 138 valence electrons. The molecule has 5 nitrogen and oxygen atoms in total. The van der Waals surface area contributed by atoms with E-state index in [9.17, 15) is 4.79 Å². The number of aryl methyl sites for hydroxylation is 1. The number of methoxy groups -OCH3 is 1. The minimum absolute atomic E-state index is 0. The number of nitrogens with one attached hydrogen (secondary N) is 1. The van der Waals surface area contributed by atoms with E-state index < -0.39 is 0 Å². The Morgan fingerprint density at radius 1 is 1.33 bits per heavy atom. The Balaban J connectivity index is 0.00000264. The van der Waals surface area contributed by atoms with Gasteiger partial charge < -0.3 is 20.7 Å². The van der Waals surface area contributed by atoms with Crippen molar-refractivity contribution < 1.29 is 9.53 Å². The summed E-state index contributed by atoms with van der Waals surface area (Å²) in [7, 11) is 1.74. The number of nitrogen functional groups attached to an aromatic ring is 1. The number of anilines is 1. The smallest absolute Gasteiger partial charge is 0.251 e. The standard InChI is InChI=1S/C17H27N3O2.2ClH/c1-13-4-5-14(18)12-16(13)17(21)19-15-6-9-20(10-7-15)8-3-11-22-2;;/h4-5,12,15H,3,6-11,18H2,1-2H3,(H,19,21);2*1H. The van der Waals surface area contributed by atoms with Crippen molar-refractivity contribution in [2.45, 2.75) is 32.2 Å². The van der Waals surface area contributed by atoms with Crippen LogP contribution in [0.2, 0.25) is 0 Å². The number of nitrogens with two attached hydrogens (primary N) is 1. The summed E-state index contributed by atoms with van der Waals surface area (Å²) < 4.78 is 5.08. The lowest BCUT2D eigenvalue weighted by molar-refractivity contribution is 0.0906. The molecule has 1 aliphatic rings. The summed E-state index contributed by atoms with van der Waals surface area (Å²) in [4.78, 5) is 14.8. The number of piperidine rings is 1. The van der Waals surface area contributed by atoms with Gasteiger partial charge in [-0.25, -0.2) is 0 Å². The number of likely N-dealkylation sites (tertiary alicyclic amines) is 1. The third kappa shape index (κ3) is 6.85. The molecular formula is C17H29Cl2N3O2. The van der Waals surface area contributed by atoms with Gasteiger partial charge in [0, 0.05) is 50.6 Å². The predicted molar refractivity (Wildman–Crippen MR) is 104 cm³/mol. The summed E-state index contributed by atoms with van der Waals surface area (Å²) in [6.07, 6.45) is 3.07. The Kier molecular flexibility index (Phi) is 11.0. The van der Waals surface area contributed by atoms with Gasteiger partial charge in [-0.15, -0.1) is 24.8 Å². The molecule has 2 rings (SSSR count). The minimum atomic E-state index is -0.0115. The summed E-state index contributed by atoms with van der Waals surface area (Å²) in [5, 5.41) is 3.15. The molecule has 0 bridgehead atoms. The van der Waals surface area contributed by atoms with Gasteiger partial charge in [-0.05, 0) is 43.9 Å². The van der Waals surface area contributed by atoms with Crippen molar-refractivity contribution in [2.24, 2.45) is 0 Å². The third-order valence-corrected chi connectivity index (χ3v) is 4.25. The van der Waals surface area contributed by atoms with E-state index in [1.165, 1.54) is 0 Å². The van der Waals surface area contributed by atoms with Crippen LogP contribution in [0.3, 0.4) is 0 Å². The number of nitrogens with zero attached hydrogens (tertiary/aromatic N) is 1. The molecular weight excluding hydrogens is 349 g/mol. The highest BCUT2D eigenvalue weighted by molar-refractivity contribution is 5.96. The van der Waals surface area contributed by atoms with Crippen LogP contribution in [-0.2, 0) is 4.74 Å². The number of carbonyl (C=O) groups is 1. The fourth-order valence-electron chi connectivity index (χ4n) is 2.88. The number of carbonyl (C=O) groups excluding carboxylic acids is 1. The Morgan fingerprint density at radius 2 is 2.00 bits per heavy atom. The van der Waals surface area contributed by atoms with Crippen molar-refractivity contribution >= 4 is 36.4 Å². The van der Waals surface area contributed by atoms with Gasteiger partial charge >= 0.3 is 0 Å². The van der Waals surface area contributed by atoms with Crippen LogP contribution in [0.25, 0.3) is 0 Å². The zero-order chi connectivity index (χ0) is 15.9. The first kappa shape index (κ1) is 23.0. The van der Waals surface area contributed by atoms with Gasteiger partial charge in [-0.3, -0.25) is 4.79 Å². The molecule has 0 aromatic heterocycles. The first-order chi connectivity index (χ1) is 10.6. The first-order valence-corrected chi connectivity index (χ1v) is 7.98. The van der Waals surface area contributed by atoms with Crippen molar-refractivity contribution in [3.05, 3.63) is 29.3 Å². The zero-order valence-electron chi connectivity index (χ0n) is 14.4. The van der Waals surface area contributed by atoms with Crippen LogP contribution < -0.4 is 11.1 Å². The van der Waals surface area contributed by atoms with Crippen LogP contribution in [-0.4, -0.2) is 50.2 Å². The number of benzene rings is 1. The number of amides is 1. The molecule has 3 N–H and O–H groups in total. The molecule has 1 heterocycles. The zero-order valence-corrected chi connectivity index (χ0v) is 16.0. The first-order valence-electron chi connectivity index (χ1n) is 7.98. The average molecular weight is 378 g/mol. The maximum Gasteiger partial charge on any atom is 0.251 e. The largest absolute Gasteiger partial charge is 0.399 e. The SMILES string of the molecule is COCCCN1CCC(NC(=O)c2cc(N)ccc2C)CC1.Cl.Cl. The van der Waals surface area contributed by atoms with Gasteiger partial charge in [0.2, 0.25) is 0 Å². The molecule has 0 spiro atoms. The quantitative estimate of drug-likeness (QED) is 0.590. The number of hydrogen-bond acceptors (Lipinski definition) is 4. The van der Waals surface area contributed by atoms with Crippen molar-refractivity contribution in [1.29, 1.82) is 0 Å². The van der Waals surface area contributed by atoms with Crippen molar-refractivity contribution in [2.75, 3.05) is 39.1 Å². The van der Waals surface area contributed by atoms with Gasteiger partial charge in [0.1, 0.15) is 0 Å². The number of halogens is 2. The highest BCUT2D eigenvalue weighted by Gasteiger charge is 2.21. The molecule has 1 fully saturated rings. The average Bonchev–Trinajstić information content (AvgIpc) is 2.51. The van der Waals surface area contributed by atoms with E-state index in [2.05, 4.69) is 10.2 Å². The monoisotopic (exact) mass is 377 g/mol. The molecule has 0 unspecified atom stereocenters. The molecule has 1 saturated heterocycles. The van der Waals surface area contributed by atoms with Gasteiger partial charge in [0.15, 0.2) is 0 Å². The summed E-state index contributed by atoms with van der Waals surface area (Å²) in [6.45, 7) is 5.89. The lowest BCUT2D eigenvalue weighted by atomic mass is 10.0. The molecule has 0 atom stereocenters. The second-order valence-electron chi connectivity index (χ2n) is 6.01. The highest BCUT2D eigenvalue weighted by atomic mass is 35.5. The van der Waals surface area contributed by atoms with Crippen LogP contribution in [0.4, 0.5) is 5.69 Å². The number of hydrogen-bond donors (Lipinski definition) is 2. The van der Waals surface area contributed by atoms with E-state index in [-0.39, 0.29) is 36.8 Å². The summed E-state index contributed by atoms with van der Waals surface area (Å²) in [5.74, 6) is -0.0115. The Labute approximate surface area is 157 Å². The lowest BCUT2D eigenvalue weighted by Crippen LogP contribution is -2.45. The predicted octanol–water partition coefficient (Wildman–Crippen LogP) is 2.65. The van der Waals surface area contributed by atoms with Crippen LogP contribution in [0.15, 0.2) is 18.2 Å². The molecule has 1 aromatic rings. The second-order valence-corrected chi connectivity index (χ2v) is 6.01. The van der Waals surface area contributed by atoms with E-state index in [0.717, 1.165) is 51.1 Å². The molecule has 7 heteroatoms. The molecule has 1 aliphatic heterocycles. The normalized spacial score (nSPS) is 15.2. The fraction of sp³-hybridized carbons (Fsp3) is 0.588. The molecule has 0 radical (unpaired) electrons. The summed E-state index contributed by atoms with van der Waals surface area (Å²) >= 11 is 0. The van der Waals surface area contributed by atoms with E-state index in [1.54, 1.807) is 13.2 Å². The summed E-state index contributed by atoms with van der Waals surface area (Å²) in [5.41, 5.74) is 8.05. The molecule has 24 heavy (non-hydrogen) atoms. The van der Waals surface area contributed by atoms with Crippen LogP contribution in [0.5, 0.6) is 0 Å². The fourth-order valence-corrected chi connectivity index (χ4v) is 2.88. The van der Waals surface area contributed by atoms with E-state index >= 15 is 0 Å². The molecule has 1 aromatic carbocycles. The third-order valence-electron chi connectivity index (χ3n) is 4.25. The maximum absolute atomic E-state index is 12.4. The van der Waals surface area contributed by atoms with Gasteiger partial charge in [0.25, 0.3) is 5.91 Å². The van der Waals surface area contributed by atoms with E-state index in [1.807, 2.05) is 19.1 Å². The van der Waals surface area contributed by atoms with Gasteiger partial charge in [-0.1, -0.05) is 6.07 Å². The van der Waals surface area contributed by atoms with Crippen LogP contribution in [0, 0.1) is 6.92 Å². The topological polar surface area (TPSA) is 67.6 Å². The molecule has 0 saturated carbocycles. The highest BCUT2D eigenvalue weighted by Crippen LogP contribution is 2.15. The molecule has 1 amide bonds. The lowest BCUT2D eigenvalue weighted by Gasteiger charge is -2.32. The Morgan fingerprint density at radius 3 is 2.62 bits per heavy atom. The molecule has 0 aliphatic carbocycles. The van der Waals surface area contributed by atoms with E-state index in [0.29, 0.717) is 11.3 Å². The Hall–Kier alpha value is -1.01. The van der Waals surface area contributed by atoms with Gasteiger partial charge in [0.05, 0.1) is 0 Å². The number of ether oxygens (including phenoxy) is 1. The maximum atomic E-state index is 12.4. The summed E-state index contributed by atoms with van der Waals surface area (Å²) in [6, 6.07) is 5.73. The second kappa shape index (κ2) is 11.5. The number of rotatable bonds is 6. The van der Waals surface area contributed by atoms with Crippen molar-refractivity contribution in [3.63, 3.8) is 0 Å². The minimum Gasteiger partial charge on any atom is -0.399 e. The van der Waals surface area contributed by atoms with Crippen LogP contribution in [0.1, 0.15) is 35.2 Å². The van der Waals surface area contributed by atoms with Crippen LogP contribution >= 0.6 is 24.8 Å². The van der Waals surface area contributed by atoms with Gasteiger partial charge in [-0.2, -0.15) is 0 Å². The van der Waals surface area contributed by atoms with Crippen molar-refractivity contribution in [1.82, 2.24) is 10.2 Å². The Bertz CT molecular complexity index is 507.